The van der Waals surface area contributed by atoms with Crippen LogP contribution in [-0.4, -0.2) is 19.1 Å². The molecule has 0 atom stereocenters. The summed E-state index contributed by atoms with van der Waals surface area (Å²) in [5, 5.41) is 0.578. The van der Waals surface area contributed by atoms with E-state index in [2.05, 4.69) is 6.58 Å². The molecule has 2 aromatic rings. The quantitative estimate of drug-likeness (QED) is 0.481. The molecule has 0 saturated carbocycles. The van der Waals surface area contributed by atoms with Crippen molar-refractivity contribution in [3.8, 4) is 5.75 Å². The predicted octanol–water partition coefficient (Wildman–Crippen LogP) is 2.73. The summed E-state index contributed by atoms with van der Waals surface area (Å²) >= 11 is 0. The van der Waals surface area contributed by atoms with Crippen molar-refractivity contribution in [1.82, 2.24) is 0 Å². The molecule has 0 aliphatic heterocycles. The van der Waals surface area contributed by atoms with Crippen molar-refractivity contribution in [2.75, 3.05) is 18.0 Å². The van der Waals surface area contributed by atoms with Crippen LogP contribution in [0.3, 0.4) is 0 Å². The second-order valence-electron chi connectivity index (χ2n) is 4.36. The van der Waals surface area contributed by atoms with E-state index in [0.717, 1.165) is 6.08 Å². The number of para-hydroxylation sites is 1. The van der Waals surface area contributed by atoms with Crippen LogP contribution < -0.4 is 15.3 Å². The van der Waals surface area contributed by atoms with Crippen LogP contribution >= 0.6 is 0 Å². The van der Waals surface area contributed by atoms with Crippen LogP contribution in [0.1, 0.15) is 13.8 Å². The molecule has 1 aromatic heterocycles. The lowest BCUT2D eigenvalue weighted by atomic mass is 10.2. The normalized spacial score (nSPS) is 10.4. The van der Waals surface area contributed by atoms with Crippen molar-refractivity contribution in [1.29, 1.82) is 0 Å². The van der Waals surface area contributed by atoms with Crippen LogP contribution in [0.4, 0.5) is 5.69 Å². The summed E-state index contributed by atoms with van der Waals surface area (Å²) < 4.78 is 10.6. The number of rotatable bonds is 5. The fourth-order valence-corrected chi connectivity index (χ4v) is 2.17. The number of esters is 1. The van der Waals surface area contributed by atoms with E-state index in [1.165, 1.54) is 0 Å². The van der Waals surface area contributed by atoms with Crippen molar-refractivity contribution in [3.05, 3.63) is 47.3 Å². The fourth-order valence-electron chi connectivity index (χ4n) is 2.17. The van der Waals surface area contributed by atoms with Crippen molar-refractivity contribution in [3.63, 3.8) is 0 Å². The molecule has 0 radical (unpaired) electrons. The molecule has 2 rings (SSSR count). The van der Waals surface area contributed by atoms with Crippen LogP contribution in [0.15, 0.2) is 46.1 Å². The molecule has 5 heteroatoms. The van der Waals surface area contributed by atoms with Crippen molar-refractivity contribution in [2.45, 2.75) is 13.8 Å². The molecule has 110 valence electrons. The molecule has 0 fully saturated rings. The molecule has 1 heterocycles. The number of carbonyl (C=O) groups excluding carboxylic acids is 1. The second kappa shape index (κ2) is 6.26. The number of ether oxygens (including phenoxy) is 1. The molecule has 0 unspecified atom stereocenters. The molecule has 0 saturated heterocycles. The Labute approximate surface area is 122 Å². The lowest BCUT2D eigenvalue weighted by Gasteiger charge is -2.22. The first-order valence-electron chi connectivity index (χ1n) is 6.77. The maximum absolute atomic E-state index is 12.3. The summed E-state index contributed by atoms with van der Waals surface area (Å²) in [6, 6.07) is 6.95. The predicted molar refractivity (Wildman–Crippen MR) is 81.9 cm³/mol. The first kappa shape index (κ1) is 14.8. The summed E-state index contributed by atoms with van der Waals surface area (Å²) in [4.78, 5) is 25.6. The summed E-state index contributed by atoms with van der Waals surface area (Å²) in [6.45, 7) is 8.40. The second-order valence-corrected chi connectivity index (χ2v) is 4.36. The molecule has 0 spiro atoms. The lowest BCUT2D eigenvalue weighted by molar-refractivity contribution is -0.128. The van der Waals surface area contributed by atoms with E-state index in [9.17, 15) is 9.59 Å². The average molecular weight is 287 g/mol. The van der Waals surface area contributed by atoms with Crippen LogP contribution in [0, 0.1) is 0 Å². The van der Waals surface area contributed by atoms with Gasteiger partial charge < -0.3 is 14.1 Å². The van der Waals surface area contributed by atoms with Gasteiger partial charge in [0.15, 0.2) is 11.4 Å². The zero-order valence-electron chi connectivity index (χ0n) is 12.1. The Balaban J connectivity index is 2.78. The van der Waals surface area contributed by atoms with Gasteiger partial charge in [0.1, 0.15) is 5.58 Å². The van der Waals surface area contributed by atoms with E-state index in [1.54, 1.807) is 29.2 Å². The van der Waals surface area contributed by atoms with Gasteiger partial charge in [-0.1, -0.05) is 18.7 Å². The first-order valence-corrected chi connectivity index (χ1v) is 6.77. The van der Waals surface area contributed by atoms with Gasteiger partial charge in [-0.25, -0.2) is 9.59 Å². The molecular weight excluding hydrogens is 270 g/mol. The topological polar surface area (TPSA) is 59.8 Å². The Bertz CT molecular complexity index is 729. The third-order valence-corrected chi connectivity index (χ3v) is 3.19. The lowest BCUT2D eigenvalue weighted by Crippen LogP contribution is -2.28. The van der Waals surface area contributed by atoms with Crippen LogP contribution in [0.2, 0.25) is 0 Å². The molecule has 1 aromatic carbocycles. The van der Waals surface area contributed by atoms with E-state index in [-0.39, 0.29) is 11.4 Å². The summed E-state index contributed by atoms with van der Waals surface area (Å²) in [5.41, 5.74) is 0.114. The van der Waals surface area contributed by atoms with E-state index in [1.807, 2.05) is 13.8 Å². The van der Waals surface area contributed by atoms with Gasteiger partial charge in [0.25, 0.3) is 0 Å². The third kappa shape index (κ3) is 2.81. The molecule has 0 aliphatic carbocycles. The molecule has 5 nitrogen and oxygen atoms in total. The van der Waals surface area contributed by atoms with Gasteiger partial charge in [0.2, 0.25) is 0 Å². The number of benzene rings is 1. The number of hydrogen-bond donors (Lipinski definition) is 0. The number of carbonyl (C=O) groups is 1. The van der Waals surface area contributed by atoms with Crippen molar-refractivity contribution in [2.24, 2.45) is 0 Å². The van der Waals surface area contributed by atoms with E-state index >= 15 is 0 Å². The Hall–Kier alpha value is -2.56. The number of anilines is 1. The van der Waals surface area contributed by atoms with Gasteiger partial charge >= 0.3 is 11.6 Å². The minimum absolute atomic E-state index is 0.218. The van der Waals surface area contributed by atoms with E-state index in [0.29, 0.717) is 24.1 Å². The van der Waals surface area contributed by atoms with Gasteiger partial charge in [-0.05, 0) is 26.0 Å². The molecule has 0 amide bonds. The molecular formula is C16H17NO4. The number of nitrogens with zero attached hydrogens (tertiary/aromatic N) is 1. The minimum Gasteiger partial charge on any atom is -0.421 e. The van der Waals surface area contributed by atoms with Gasteiger partial charge in [0, 0.05) is 19.2 Å². The number of fused-ring (bicyclic) bond motifs is 1. The number of hydrogen-bond acceptors (Lipinski definition) is 5. The van der Waals surface area contributed by atoms with Crippen LogP contribution in [0.25, 0.3) is 11.0 Å². The first-order chi connectivity index (χ1) is 10.1. The van der Waals surface area contributed by atoms with E-state index < -0.39 is 11.6 Å². The highest BCUT2D eigenvalue weighted by Crippen LogP contribution is 2.33. The molecule has 21 heavy (non-hydrogen) atoms. The Morgan fingerprint density at radius 3 is 2.62 bits per heavy atom. The largest absolute Gasteiger partial charge is 0.421 e. The highest BCUT2D eigenvalue weighted by Gasteiger charge is 2.21. The van der Waals surface area contributed by atoms with Gasteiger partial charge in [-0.2, -0.15) is 0 Å². The van der Waals surface area contributed by atoms with Crippen LogP contribution in [0.5, 0.6) is 5.75 Å². The maximum Gasteiger partial charge on any atom is 0.363 e. The Morgan fingerprint density at radius 1 is 1.33 bits per heavy atom. The smallest absolute Gasteiger partial charge is 0.363 e. The monoisotopic (exact) mass is 287 g/mol. The maximum atomic E-state index is 12.3. The standard InChI is InChI=1S/C16H17NO4/c1-4-13(18)21-15-11-9-7-8-10-12(11)20-16(19)14(15)17(5-2)6-3/h4,7-10H,1,5-6H2,2-3H3. The van der Waals surface area contributed by atoms with Crippen LogP contribution in [-0.2, 0) is 4.79 Å². The SMILES string of the molecule is C=CC(=O)Oc1c(N(CC)CC)c(=O)oc2ccccc12. The minimum atomic E-state index is -0.612. The summed E-state index contributed by atoms with van der Waals surface area (Å²) in [7, 11) is 0. The summed E-state index contributed by atoms with van der Waals surface area (Å²) in [6.07, 6.45) is 1.06. The zero-order chi connectivity index (χ0) is 15.4. The highest BCUT2D eigenvalue weighted by atomic mass is 16.5. The zero-order valence-corrected chi connectivity index (χ0v) is 12.1. The molecule has 0 bridgehead atoms. The average Bonchev–Trinajstić information content (AvgIpc) is 2.50. The molecule has 0 N–H and O–H groups in total. The fraction of sp³-hybridized carbons (Fsp3) is 0.250. The third-order valence-electron chi connectivity index (χ3n) is 3.19. The van der Waals surface area contributed by atoms with Gasteiger partial charge in [0.05, 0.1) is 5.39 Å². The van der Waals surface area contributed by atoms with Gasteiger partial charge in [-0.15, -0.1) is 0 Å². The Kier molecular flexibility index (Phi) is 4.42. The molecule has 0 aliphatic rings. The summed E-state index contributed by atoms with van der Waals surface area (Å²) in [5.74, 6) is -0.394. The Morgan fingerprint density at radius 2 is 2.00 bits per heavy atom. The van der Waals surface area contributed by atoms with Crippen molar-refractivity contribution < 1.29 is 13.9 Å². The van der Waals surface area contributed by atoms with Crippen molar-refractivity contribution >= 4 is 22.6 Å². The van der Waals surface area contributed by atoms with Gasteiger partial charge in [-0.3, -0.25) is 0 Å². The highest BCUT2D eigenvalue weighted by molar-refractivity contribution is 5.93. The van der Waals surface area contributed by atoms with E-state index in [4.69, 9.17) is 9.15 Å².